The van der Waals surface area contributed by atoms with Crippen LogP contribution in [0.1, 0.15) is 5.56 Å². The zero-order valence-electron chi connectivity index (χ0n) is 8.23. The van der Waals surface area contributed by atoms with Gasteiger partial charge in [-0.25, -0.2) is 9.97 Å². The number of fused-ring (bicyclic) bond motifs is 1. The van der Waals surface area contributed by atoms with Gasteiger partial charge in [0, 0.05) is 13.2 Å². The summed E-state index contributed by atoms with van der Waals surface area (Å²) in [6.45, 7) is -0.177. The van der Waals surface area contributed by atoms with E-state index in [9.17, 15) is 0 Å². The lowest BCUT2D eigenvalue weighted by Crippen LogP contribution is -1.94. The van der Waals surface area contributed by atoms with E-state index in [1.807, 2.05) is 17.8 Å². The summed E-state index contributed by atoms with van der Waals surface area (Å²) >= 11 is 0. The van der Waals surface area contributed by atoms with Gasteiger partial charge >= 0.3 is 0 Å². The average molecular weight is 202 g/mol. The number of rotatable bonds is 0. The minimum Gasteiger partial charge on any atom is -0.384 e. The molecule has 0 fully saturated rings. The van der Waals surface area contributed by atoms with Gasteiger partial charge in [-0.1, -0.05) is 11.8 Å². The molecule has 15 heavy (non-hydrogen) atoms. The highest BCUT2D eigenvalue weighted by Crippen LogP contribution is 2.21. The zero-order valence-corrected chi connectivity index (χ0v) is 8.23. The first kappa shape index (κ1) is 9.49. The molecule has 76 valence electrons. The molecule has 0 atom stereocenters. The van der Waals surface area contributed by atoms with Gasteiger partial charge in [0.05, 0.1) is 10.9 Å². The van der Waals surface area contributed by atoms with Gasteiger partial charge in [-0.2, -0.15) is 0 Å². The summed E-state index contributed by atoms with van der Waals surface area (Å²) in [4.78, 5) is 8.02. The number of nitrogen functional groups attached to an aromatic ring is 1. The Hall–Kier alpha value is -2.06. The molecule has 0 spiro atoms. The van der Waals surface area contributed by atoms with E-state index < -0.39 is 0 Å². The second kappa shape index (κ2) is 3.59. The van der Waals surface area contributed by atoms with Crippen LogP contribution in [0.2, 0.25) is 0 Å². The third-order valence-corrected chi connectivity index (χ3v) is 2.08. The monoisotopic (exact) mass is 202 g/mol. The highest BCUT2D eigenvalue weighted by molar-refractivity contribution is 5.92. The maximum atomic E-state index is 8.63. The van der Waals surface area contributed by atoms with Crippen LogP contribution in [0.5, 0.6) is 0 Å². The first-order valence-corrected chi connectivity index (χ1v) is 4.39. The Kier molecular flexibility index (Phi) is 2.27. The quantitative estimate of drug-likeness (QED) is 0.584. The predicted molar refractivity (Wildman–Crippen MR) is 56.9 cm³/mol. The summed E-state index contributed by atoms with van der Waals surface area (Å²) in [6, 6.07) is 0. The fourth-order valence-corrected chi connectivity index (χ4v) is 1.46. The first-order chi connectivity index (χ1) is 7.24. The molecule has 0 unspecified atom stereocenters. The summed E-state index contributed by atoms with van der Waals surface area (Å²) in [5.41, 5.74) is 7.22. The van der Waals surface area contributed by atoms with Gasteiger partial charge in [0.2, 0.25) is 0 Å². The minimum absolute atomic E-state index is 0.177. The number of aromatic nitrogens is 3. The second-order valence-corrected chi connectivity index (χ2v) is 3.07. The van der Waals surface area contributed by atoms with Crippen LogP contribution in [0.15, 0.2) is 12.5 Å². The lowest BCUT2D eigenvalue weighted by molar-refractivity contribution is 0.350. The zero-order chi connectivity index (χ0) is 10.8. The highest BCUT2D eigenvalue weighted by Gasteiger charge is 2.09. The summed E-state index contributed by atoms with van der Waals surface area (Å²) in [7, 11) is 1.86. The van der Waals surface area contributed by atoms with Gasteiger partial charge in [-0.05, 0) is 0 Å². The Balaban J connectivity index is 2.75. The van der Waals surface area contributed by atoms with E-state index >= 15 is 0 Å². The van der Waals surface area contributed by atoms with Crippen molar-refractivity contribution in [1.82, 2.24) is 14.5 Å². The fourth-order valence-electron chi connectivity index (χ4n) is 1.46. The van der Waals surface area contributed by atoms with E-state index in [2.05, 4.69) is 21.8 Å². The number of nitrogens with zero attached hydrogens (tertiary/aromatic N) is 3. The molecule has 0 aliphatic rings. The highest BCUT2D eigenvalue weighted by atomic mass is 16.2. The molecule has 0 radical (unpaired) electrons. The van der Waals surface area contributed by atoms with Crippen molar-refractivity contribution in [3.63, 3.8) is 0 Å². The van der Waals surface area contributed by atoms with Crippen LogP contribution in [0.25, 0.3) is 11.0 Å². The van der Waals surface area contributed by atoms with Gasteiger partial charge in [-0.3, -0.25) is 0 Å². The topological polar surface area (TPSA) is 77.0 Å². The fraction of sp³-hybridized carbons (Fsp3) is 0.200. The summed E-state index contributed by atoms with van der Waals surface area (Å²) in [5, 5.41) is 9.37. The first-order valence-electron chi connectivity index (χ1n) is 4.39. The van der Waals surface area contributed by atoms with Gasteiger partial charge in [0.15, 0.2) is 0 Å². The van der Waals surface area contributed by atoms with E-state index in [0.717, 1.165) is 16.6 Å². The molecule has 0 saturated carbocycles. The SMILES string of the molecule is Cn1cc(C#CCO)c2c(N)ncnc21. The van der Waals surface area contributed by atoms with E-state index in [0.29, 0.717) is 5.82 Å². The number of anilines is 1. The van der Waals surface area contributed by atoms with Crippen LogP contribution >= 0.6 is 0 Å². The minimum atomic E-state index is -0.177. The molecule has 0 bridgehead atoms. The normalized spacial score (nSPS) is 10.0. The molecule has 0 aromatic carbocycles. The van der Waals surface area contributed by atoms with Crippen LogP contribution in [0.4, 0.5) is 5.82 Å². The van der Waals surface area contributed by atoms with Crippen LogP contribution in [0, 0.1) is 11.8 Å². The average Bonchev–Trinajstić information content (AvgIpc) is 2.55. The maximum absolute atomic E-state index is 8.63. The van der Waals surface area contributed by atoms with Crippen molar-refractivity contribution in [2.24, 2.45) is 7.05 Å². The molecule has 2 rings (SSSR count). The Labute approximate surface area is 86.6 Å². The van der Waals surface area contributed by atoms with Crippen molar-refractivity contribution in [1.29, 1.82) is 0 Å². The molecule has 2 heterocycles. The van der Waals surface area contributed by atoms with Crippen LogP contribution in [0.3, 0.4) is 0 Å². The Morgan fingerprint density at radius 2 is 2.33 bits per heavy atom. The Bertz CT molecular complexity index is 562. The molecule has 0 saturated heterocycles. The smallest absolute Gasteiger partial charge is 0.146 e. The number of aliphatic hydroxyl groups excluding tert-OH is 1. The summed E-state index contributed by atoms with van der Waals surface area (Å²) in [5.74, 6) is 5.80. The number of nitrogens with two attached hydrogens (primary N) is 1. The van der Waals surface area contributed by atoms with E-state index in [-0.39, 0.29) is 6.61 Å². The van der Waals surface area contributed by atoms with Crippen molar-refractivity contribution in [2.75, 3.05) is 12.3 Å². The maximum Gasteiger partial charge on any atom is 0.146 e. The molecule has 2 aromatic rings. The Morgan fingerprint density at radius 3 is 3.07 bits per heavy atom. The van der Waals surface area contributed by atoms with Crippen LogP contribution < -0.4 is 5.73 Å². The number of aliphatic hydroxyl groups is 1. The largest absolute Gasteiger partial charge is 0.384 e. The molecule has 0 aliphatic heterocycles. The van der Waals surface area contributed by atoms with Crippen molar-refractivity contribution < 1.29 is 5.11 Å². The molecule has 2 aromatic heterocycles. The third-order valence-electron chi connectivity index (χ3n) is 2.08. The molecular formula is C10H10N4O. The van der Waals surface area contributed by atoms with Crippen molar-refractivity contribution >= 4 is 16.9 Å². The standard InChI is InChI=1S/C10H10N4O/c1-14-5-7(3-2-4-15)8-9(11)12-6-13-10(8)14/h5-6,15H,4H2,1H3,(H2,11,12,13). The van der Waals surface area contributed by atoms with Gasteiger partial charge in [0.1, 0.15) is 24.4 Å². The van der Waals surface area contributed by atoms with Crippen molar-refractivity contribution in [2.45, 2.75) is 0 Å². The second-order valence-electron chi connectivity index (χ2n) is 3.07. The molecule has 5 nitrogen and oxygen atoms in total. The third kappa shape index (κ3) is 1.51. The lowest BCUT2D eigenvalue weighted by atomic mass is 10.2. The summed E-state index contributed by atoms with van der Waals surface area (Å²) < 4.78 is 1.83. The van der Waals surface area contributed by atoms with E-state index in [1.165, 1.54) is 6.33 Å². The molecule has 0 aliphatic carbocycles. The van der Waals surface area contributed by atoms with Crippen LogP contribution in [-0.4, -0.2) is 26.2 Å². The molecular weight excluding hydrogens is 192 g/mol. The Morgan fingerprint density at radius 1 is 1.53 bits per heavy atom. The molecule has 3 N–H and O–H groups in total. The van der Waals surface area contributed by atoms with Gasteiger partial charge < -0.3 is 15.4 Å². The lowest BCUT2D eigenvalue weighted by Gasteiger charge is -1.95. The molecule has 0 amide bonds. The van der Waals surface area contributed by atoms with Gasteiger partial charge in [-0.15, -0.1) is 0 Å². The number of hydrogen-bond acceptors (Lipinski definition) is 4. The van der Waals surface area contributed by atoms with Crippen molar-refractivity contribution in [3.05, 3.63) is 18.1 Å². The van der Waals surface area contributed by atoms with Gasteiger partial charge in [0.25, 0.3) is 0 Å². The number of aryl methyl sites for hydroxylation is 1. The summed E-state index contributed by atoms with van der Waals surface area (Å²) in [6.07, 6.45) is 3.24. The van der Waals surface area contributed by atoms with Crippen molar-refractivity contribution in [3.8, 4) is 11.8 Å². The van der Waals surface area contributed by atoms with Crippen LogP contribution in [-0.2, 0) is 7.05 Å². The van der Waals surface area contributed by atoms with E-state index in [4.69, 9.17) is 10.8 Å². The predicted octanol–water partition coefficient (Wildman–Crippen LogP) is -0.106. The molecule has 5 heteroatoms. The number of hydrogen-bond donors (Lipinski definition) is 2. The van der Waals surface area contributed by atoms with E-state index in [1.54, 1.807) is 0 Å².